The van der Waals surface area contributed by atoms with Crippen molar-refractivity contribution in [2.45, 2.75) is 26.7 Å². The average Bonchev–Trinajstić information content (AvgIpc) is 2.63. The van der Waals surface area contributed by atoms with Gasteiger partial charge in [-0.1, -0.05) is 43.7 Å². The van der Waals surface area contributed by atoms with Crippen molar-refractivity contribution in [3.8, 4) is 5.75 Å². The van der Waals surface area contributed by atoms with Crippen LogP contribution >= 0.6 is 0 Å². The molecule has 0 spiro atoms. The van der Waals surface area contributed by atoms with E-state index in [0.717, 1.165) is 29.2 Å². The Hall–Kier alpha value is -2.89. The van der Waals surface area contributed by atoms with Crippen LogP contribution in [0.15, 0.2) is 41.5 Å². The van der Waals surface area contributed by atoms with E-state index in [-0.39, 0.29) is 0 Å². The van der Waals surface area contributed by atoms with Crippen molar-refractivity contribution in [1.29, 1.82) is 0 Å². The number of hydrogen-bond donors (Lipinski definition) is 2. The molecule has 0 bridgehead atoms. The summed E-state index contributed by atoms with van der Waals surface area (Å²) in [5.41, 5.74) is 3.01. The van der Waals surface area contributed by atoms with Crippen LogP contribution in [0.5, 0.6) is 5.75 Å². The molecule has 0 aromatic heterocycles. The zero-order chi connectivity index (χ0) is 18.1. The maximum Gasteiger partial charge on any atom is 0.329 e. The Balaban J connectivity index is 2.13. The Labute approximate surface area is 147 Å². The monoisotopic (exact) mass is 341 g/mol. The molecule has 0 aliphatic carbocycles. The summed E-state index contributed by atoms with van der Waals surface area (Å²) < 4.78 is 5.63. The average molecular weight is 341 g/mol. The Morgan fingerprint density at radius 3 is 2.68 bits per heavy atom. The van der Waals surface area contributed by atoms with Crippen LogP contribution in [0.4, 0.5) is 0 Å². The number of amides is 2. The van der Waals surface area contributed by atoms with Crippen molar-refractivity contribution >= 4 is 28.8 Å². The minimum atomic E-state index is -0.787. The number of carbonyl (C=O) groups is 2. The zero-order valence-corrected chi connectivity index (χ0v) is 14.5. The van der Waals surface area contributed by atoms with Gasteiger partial charge in [-0.15, -0.1) is 0 Å². The predicted octanol–water partition coefficient (Wildman–Crippen LogP) is 2.60. The van der Waals surface area contributed by atoms with Crippen LogP contribution in [0.3, 0.4) is 0 Å². The molecule has 0 aliphatic heterocycles. The zero-order valence-electron chi connectivity index (χ0n) is 14.5. The summed E-state index contributed by atoms with van der Waals surface area (Å²) in [6, 6.07) is 11.7. The van der Waals surface area contributed by atoms with E-state index in [0.29, 0.717) is 18.9 Å². The minimum absolute atomic E-state index is 0.476. The Morgan fingerprint density at radius 2 is 1.92 bits per heavy atom. The number of unbranched alkanes of at least 4 members (excludes halogenated alkanes) is 1. The van der Waals surface area contributed by atoms with Gasteiger partial charge < -0.3 is 10.1 Å². The molecule has 2 aromatic carbocycles. The SMILES string of the molecule is CCCCNC(=O)C(=O)N/N=C\c1c(OCC)ccc2ccccc12. The molecular formula is C19H23N3O3. The van der Waals surface area contributed by atoms with Crippen molar-refractivity contribution in [2.24, 2.45) is 5.10 Å². The number of nitrogens with zero attached hydrogens (tertiary/aromatic N) is 1. The van der Waals surface area contributed by atoms with Gasteiger partial charge in [-0.3, -0.25) is 9.59 Å². The van der Waals surface area contributed by atoms with Crippen LogP contribution in [0.25, 0.3) is 10.8 Å². The quantitative estimate of drug-likeness (QED) is 0.352. The Kier molecular flexibility index (Phi) is 6.95. The van der Waals surface area contributed by atoms with Gasteiger partial charge in [0.05, 0.1) is 12.8 Å². The summed E-state index contributed by atoms with van der Waals surface area (Å²) in [6.07, 6.45) is 3.28. The fraction of sp³-hybridized carbons (Fsp3) is 0.316. The first-order chi connectivity index (χ1) is 12.2. The van der Waals surface area contributed by atoms with Crippen molar-refractivity contribution in [1.82, 2.24) is 10.7 Å². The van der Waals surface area contributed by atoms with Gasteiger partial charge in [0.2, 0.25) is 0 Å². The van der Waals surface area contributed by atoms with Crippen LogP contribution in [-0.2, 0) is 9.59 Å². The number of ether oxygens (including phenoxy) is 1. The van der Waals surface area contributed by atoms with Crippen LogP contribution in [-0.4, -0.2) is 31.2 Å². The first-order valence-corrected chi connectivity index (χ1v) is 8.43. The van der Waals surface area contributed by atoms with Crippen molar-refractivity contribution < 1.29 is 14.3 Å². The van der Waals surface area contributed by atoms with Gasteiger partial charge in [-0.25, -0.2) is 5.43 Å². The molecule has 0 saturated carbocycles. The third kappa shape index (κ3) is 5.04. The summed E-state index contributed by atoms with van der Waals surface area (Å²) in [7, 11) is 0. The molecule has 25 heavy (non-hydrogen) atoms. The third-order valence-electron chi connectivity index (χ3n) is 3.61. The molecule has 2 aromatic rings. The second-order valence-corrected chi connectivity index (χ2v) is 5.44. The second-order valence-electron chi connectivity index (χ2n) is 5.44. The molecule has 0 unspecified atom stereocenters. The smallest absolute Gasteiger partial charge is 0.329 e. The molecule has 2 rings (SSSR count). The van der Waals surface area contributed by atoms with Gasteiger partial charge in [0.15, 0.2) is 0 Å². The fourth-order valence-electron chi connectivity index (χ4n) is 2.36. The molecule has 6 heteroatoms. The maximum atomic E-state index is 11.7. The Bertz CT molecular complexity index is 772. The highest BCUT2D eigenvalue weighted by Gasteiger charge is 2.12. The number of nitrogens with one attached hydrogen (secondary N) is 2. The van der Waals surface area contributed by atoms with Crippen molar-refractivity contribution in [3.05, 3.63) is 42.0 Å². The van der Waals surface area contributed by atoms with Crippen molar-refractivity contribution in [3.63, 3.8) is 0 Å². The molecule has 0 fully saturated rings. The molecule has 0 heterocycles. The topological polar surface area (TPSA) is 79.8 Å². The van der Waals surface area contributed by atoms with E-state index in [1.54, 1.807) is 0 Å². The molecule has 0 radical (unpaired) electrons. The molecule has 2 amide bonds. The second kappa shape index (κ2) is 9.42. The van der Waals surface area contributed by atoms with Gasteiger partial charge >= 0.3 is 11.8 Å². The number of carbonyl (C=O) groups excluding carboxylic acids is 2. The van der Waals surface area contributed by atoms with Gasteiger partial charge in [-0.2, -0.15) is 5.10 Å². The van der Waals surface area contributed by atoms with Gasteiger partial charge in [-0.05, 0) is 30.2 Å². The first-order valence-electron chi connectivity index (χ1n) is 8.43. The summed E-state index contributed by atoms with van der Waals surface area (Å²) in [4.78, 5) is 23.4. The van der Waals surface area contributed by atoms with Crippen LogP contribution in [0.1, 0.15) is 32.3 Å². The van der Waals surface area contributed by atoms with Gasteiger partial charge in [0.25, 0.3) is 0 Å². The summed E-state index contributed by atoms with van der Waals surface area (Å²) in [6.45, 7) is 4.91. The normalized spacial score (nSPS) is 10.8. The van der Waals surface area contributed by atoms with E-state index in [9.17, 15) is 9.59 Å². The van der Waals surface area contributed by atoms with E-state index in [2.05, 4.69) is 15.8 Å². The molecule has 0 saturated heterocycles. The third-order valence-corrected chi connectivity index (χ3v) is 3.61. The summed E-state index contributed by atoms with van der Waals surface area (Å²) in [5.74, 6) is -0.800. The highest BCUT2D eigenvalue weighted by molar-refractivity contribution is 6.35. The van der Waals surface area contributed by atoms with Gasteiger partial charge in [0.1, 0.15) is 5.75 Å². The van der Waals surface area contributed by atoms with E-state index in [1.165, 1.54) is 6.21 Å². The standard InChI is InChI=1S/C19H23N3O3/c1-3-5-12-20-18(23)19(24)22-21-13-16-15-9-7-6-8-14(15)10-11-17(16)25-4-2/h6-11,13H,3-5,12H2,1-2H3,(H,20,23)(H,22,24)/b21-13-. The minimum Gasteiger partial charge on any atom is -0.493 e. The largest absolute Gasteiger partial charge is 0.493 e. The first kappa shape index (κ1) is 18.4. The maximum absolute atomic E-state index is 11.7. The lowest BCUT2D eigenvalue weighted by Gasteiger charge is -2.10. The van der Waals surface area contributed by atoms with E-state index in [4.69, 9.17) is 4.74 Å². The molecule has 132 valence electrons. The number of benzene rings is 2. The van der Waals surface area contributed by atoms with Crippen LogP contribution < -0.4 is 15.5 Å². The molecule has 0 aliphatic rings. The highest BCUT2D eigenvalue weighted by Crippen LogP contribution is 2.26. The fourth-order valence-corrected chi connectivity index (χ4v) is 2.36. The van der Waals surface area contributed by atoms with Crippen LogP contribution in [0, 0.1) is 0 Å². The molecule has 6 nitrogen and oxygen atoms in total. The summed E-state index contributed by atoms with van der Waals surface area (Å²) >= 11 is 0. The molecular weight excluding hydrogens is 318 g/mol. The summed E-state index contributed by atoms with van der Waals surface area (Å²) in [5, 5.41) is 8.46. The number of rotatable bonds is 7. The van der Waals surface area contributed by atoms with Crippen LogP contribution in [0.2, 0.25) is 0 Å². The predicted molar refractivity (Wildman–Crippen MR) is 98.8 cm³/mol. The lowest BCUT2D eigenvalue weighted by Crippen LogP contribution is -2.38. The van der Waals surface area contributed by atoms with Gasteiger partial charge in [0, 0.05) is 12.1 Å². The highest BCUT2D eigenvalue weighted by atomic mass is 16.5. The lowest BCUT2D eigenvalue weighted by molar-refractivity contribution is -0.139. The lowest BCUT2D eigenvalue weighted by atomic mass is 10.0. The van der Waals surface area contributed by atoms with E-state index < -0.39 is 11.8 Å². The van der Waals surface area contributed by atoms with E-state index in [1.807, 2.05) is 50.2 Å². The number of hydrogen-bond acceptors (Lipinski definition) is 4. The molecule has 0 atom stereocenters. The number of hydrazone groups is 1. The Morgan fingerprint density at radius 1 is 1.12 bits per heavy atom. The molecule has 2 N–H and O–H groups in total. The van der Waals surface area contributed by atoms with Crippen molar-refractivity contribution in [2.75, 3.05) is 13.2 Å². The number of fused-ring (bicyclic) bond motifs is 1. The van der Waals surface area contributed by atoms with E-state index >= 15 is 0 Å².